The Balaban J connectivity index is 2.86. The molecule has 108 valence electrons. The molecule has 0 bridgehead atoms. The van der Waals surface area contributed by atoms with Gasteiger partial charge in [0.2, 0.25) is 0 Å². The molecule has 3 nitrogen and oxygen atoms in total. The summed E-state index contributed by atoms with van der Waals surface area (Å²) in [6, 6.07) is 5.71. The molecule has 0 saturated carbocycles. The highest BCUT2D eigenvalue weighted by Crippen LogP contribution is 2.33. The lowest BCUT2D eigenvalue weighted by atomic mass is 9.90. The Labute approximate surface area is 120 Å². The molecule has 0 amide bonds. The van der Waals surface area contributed by atoms with Gasteiger partial charge in [0.25, 0.3) is 0 Å². The third-order valence-corrected chi connectivity index (χ3v) is 3.48. The van der Waals surface area contributed by atoms with E-state index in [1.807, 2.05) is 18.2 Å². The van der Waals surface area contributed by atoms with Crippen LogP contribution in [-0.2, 0) is 0 Å². The Bertz CT molecular complexity index is 380. The molecule has 0 spiro atoms. The van der Waals surface area contributed by atoms with Gasteiger partial charge in [-0.1, -0.05) is 25.4 Å². The topological polar surface area (TPSA) is 55.5 Å². The van der Waals surface area contributed by atoms with Gasteiger partial charge in [0.05, 0.1) is 6.61 Å². The zero-order valence-corrected chi connectivity index (χ0v) is 12.5. The first kappa shape index (κ1) is 16.3. The van der Waals surface area contributed by atoms with Crippen LogP contribution in [0.5, 0.6) is 5.75 Å². The SMILES string of the molecule is CCCOc1ccc(Cl)cc1C(C)CC(CN)CO. The summed E-state index contributed by atoms with van der Waals surface area (Å²) in [5, 5.41) is 9.96. The molecule has 1 aromatic rings. The van der Waals surface area contributed by atoms with E-state index in [0.29, 0.717) is 18.2 Å². The highest BCUT2D eigenvalue weighted by atomic mass is 35.5. The molecule has 0 radical (unpaired) electrons. The number of rotatable bonds is 8. The minimum Gasteiger partial charge on any atom is -0.493 e. The number of hydrogen-bond acceptors (Lipinski definition) is 3. The number of aliphatic hydroxyl groups is 1. The lowest BCUT2D eigenvalue weighted by molar-refractivity contribution is 0.216. The summed E-state index contributed by atoms with van der Waals surface area (Å²) in [4.78, 5) is 0. The van der Waals surface area contributed by atoms with Crippen LogP contribution in [0.25, 0.3) is 0 Å². The first-order valence-corrected chi connectivity index (χ1v) is 7.23. The second kappa shape index (κ2) is 8.41. The second-order valence-corrected chi connectivity index (χ2v) is 5.39. The van der Waals surface area contributed by atoms with Crippen LogP contribution < -0.4 is 10.5 Å². The molecule has 2 atom stereocenters. The summed E-state index contributed by atoms with van der Waals surface area (Å²) in [6.45, 7) is 5.50. The maximum absolute atomic E-state index is 9.25. The highest BCUT2D eigenvalue weighted by molar-refractivity contribution is 6.30. The highest BCUT2D eigenvalue weighted by Gasteiger charge is 2.17. The molecule has 0 aromatic heterocycles. The van der Waals surface area contributed by atoms with Crippen molar-refractivity contribution in [3.63, 3.8) is 0 Å². The van der Waals surface area contributed by atoms with Crippen molar-refractivity contribution in [2.24, 2.45) is 11.7 Å². The Morgan fingerprint density at radius 1 is 1.42 bits per heavy atom. The Kier molecular flexibility index (Phi) is 7.21. The fourth-order valence-corrected chi connectivity index (χ4v) is 2.30. The second-order valence-electron chi connectivity index (χ2n) is 4.95. The first-order valence-electron chi connectivity index (χ1n) is 6.85. The van der Waals surface area contributed by atoms with Crippen LogP contribution in [0.1, 0.15) is 38.2 Å². The lowest BCUT2D eigenvalue weighted by Gasteiger charge is -2.21. The summed E-state index contributed by atoms with van der Waals surface area (Å²) >= 11 is 6.07. The van der Waals surface area contributed by atoms with Crippen LogP contribution in [0.4, 0.5) is 0 Å². The molecule has 1 rings (SSSR count). The molecule has 3 N–H and O–H groups in total. The molecule has 0 aliphatic heterocycles. The number of aliphatic hydroxyl groups excluding tert-OH is 1. The van der Waals surface area contributed by atoms with Crippen LogP contribution in [0.15, 0.2) is 18.2 Å². The number of benzene rings is 1. The van der Waals surface area contributed by atoms with E-state index in [1.165, 1.54) is 0 Å². The van der Waals surface area contributed by atoms with Gasteiger partial charge in [-0.05, 0) is 55.0 Å². The van der Waals surface area contributed by atoms with Gasteiger partial charge < -0.3 is 15.6 Å². The van der Waals surface area contributed by atoms with Crippen molar-refractivity contribution in [2.75, 3.05) is 19.8 Å². The smallest absolute Gasteiger partial charge is 0.122 e. The molecule has 0 aliphatic rings. The Hall–Kier alpha value is -0.770. The molecule has 2 unspecified atom stereocenters. The summed E-state index contributed by atoms with van der Waals surface area (Å²) in [6.07, 6.45) is 1.80. The average Bonchev–Trinajstić information content (AvgIpc) is 2.43. The zero-order valence-electron chi connectivity index (χ0n) is 11.7. The van der Waals surface area contributed by atoms with Gasteiger partial charge in [-0.25, -0.2) is 0 Å². The van der Waals surface area contributed by atoms with Crippen molar-refractivity contribution < 1.29 is 9.84 Å². The predicted molar refractivity (Wildman–Crippen MR) is 79.9 cm³/mol. The largest absolute Gasteiger partial charge is 0.493 e. The van der Waals surface area contributed by atoms with Crippen molar-refractivity contribution in [3.8, 4) is 5.75 Å². The van der Waals surface area contributed by atoms with Crippen molar-refractivity contribution >= 4 is 11.6 Å². The first-order chi connectivity index (χ1) is 9.12. The van der Waals surface area contributed by atoms with Crippen molar-refractivity contribution in [1.82, 2.24) is 0 Å². The Morgan fingerprint density at radius 3 is 2.74 bits per heavy atom. The third-order valence-electron chi connectivity index (χ3n) is 3.24. The quantitative estimate of drug-likeness (QED) is 0.771. The van der Waals surface area contributed by atoms with E-state index in [-0.39, 0.29) is 18.4 Å². The molecule has 0 saturated heterocycles. The fourth-order valence-electron chi connectivity index (χ4n) is 2.12. The maximum atomic E-state index is 9.25. The van der Waals surface area contributed by atoms with Gasteiger partial charge in [-0.2, -0.15) is 0 Å². The molecule has 0 aliphatic carbocycles. The van der Waals surface area contributed by atoms with Crippen LogP contribution in [0.2, 0.25) is 5.02 Å². The predicted octanol–water partition coefficient (Wildman–Crippen LogP) is 3.19. The number of halogens is 1. The van der Waals surface area contributed by atoms with Crippen LogP contribution in [0.3, 0.4) is 0 Å². The standard InChI is InChI=1S/C15H24ClNO2/c1-3-6-19-15-5-4-13(16)8-14(15)11(2)7-12(9-17)10-18/h4-5,8,11-12,18H,3,6-7,9-10,17H2,1-2H3. The lowest BCUT2D eigenvalue weighted by Crippen LogP contribution is -2.20. The van der Waals surface area contributed by atoms with Gasteiger partial charge in [-0.3, -0.25) is 0 Å². The van der Waals surface area contributed by atoms with E-state index >= 15 is 0 Å². The number of hydrogen-bond donors (Lipinski definition) is 2. The van der Waals surface area contributed by atoms with Gasteiger partial charge in [0, 0.05) is 11.6 Å². The van der Waals surface area contributed by atoms with Gasteiger partial charge in [-0.15, -0.1) is 0 Å². The van der Waals surface area contributed by atoms with E-state index in [1.54, 1.807) is 0 Å². The van der Waals surface area contributed by atoms with E-state index in [4.69, 9.17) is 22.1 Å². The van der Waals surface area contributed by atoms with E-state index in [2.05, 4.69) is 13.8 Å². The van der Waals surface area contributed by atoms with E-state index in [0.717, 1.165) is 24.2 Å². The van der Waals surface area contributed by atoms with Crippen molar-refractivity contribution in [3.05, 3.63) is 28.8 Å². The third kappa shape index (κ3) is 5.01. The van der Waals surface area contributed by atoms with Crippen molar-refractivity contribution in [1.29, 1.82) is 0 Å². The number of nitrogens with two attached hydrogens (primary N) is 1. The van der Waals surface area contributed by atoms with Crippen LogP contribution >= 0.6 is 11.6 Å². The molecule has 0 fully saturated rings. The van der Waals surface area contributed by atoms with Gasteiger partial charge in [0.15, 0.2) is 0 Å². The molecular weight excluding hydrogens is 262 g/mol. The molecular formula is C15H24ClNO2. The summed E-state index contributed by atoms with van der Waals surface area (Å²) in [5.41, 5.74) is 6.73. The minimum atomic E-state index is 0.118. The monoisotopic (exact) mass is 285 g/mol. The summed E-state index contributed by atoms with van der Waals surface area (Å²) < 4.78 is 5.76. The van der Waals surface area contributed by atoms with Crippen molar-refractivity contribution in [2.45, 2.75) is 32.6 Å². The normalized spacial score (nSPS) is 14.2. The molecule has 0 heterocycles. The van der Waals surface area contributed by atoms with E-state index < -0.39 is 0 Å². The number of ether oxygens (including phenoxy) is 1. The molecule has 4 heteroatoms. The summed E-state index contributed by atoms with van der Waals surface area (Å²) in [7, 11) is 0. The van der Waals surface area contributed by atoms with E-state index in [9.17, 15) is 5.11 Å². The zero-order chi connectivity index (χ0) is 14.3. The fraction of sp³-hybridized carbons (Fsp3) is 0.600. The van der Waals surface area contributed by atoms with Crippen LogP contribution in [-0.4, -0.2) is 24.9 Å². The van der Waals surface area contributed by atoms with Gasteiger partial charge >= 0.3 is 0 Å². The van der Waals surface area contributed by atoms with Gasteiger partial charge in [0.1, 0.15) is 5.75 Å². The minimum absolute atomic E-state index is 0.118. The summed E-state index contributed by atoms with van der Waals surface area (Å²) in [5.74, 6) is 1.26. The average molecular weight is 286 g/mol. The maximum Gasteiger partial charge on any atom is 0.122 e. The molecule has 19 heavy (non-hydrogen) atoms. The Morgan fingerprint density at radius 2 is 2.16 bits per heavy atom. The molecule has 1 aromatic carbocycles. The van der Waals surface area contributed by atoms with Crippen LogP contribution in [0, 0.1) is 5.92 Å².